The van der Waals surface area contributed by atoms with Crippen molar-refractivity contribution >= 4 is 17.6 Å². The zero-order valence-corrected chi connectivity index (χ0v) is 16.7. The van der Waals surface area contributed by atoms with E-state index >= 15 is 0 Å². The lowest BCUT2D eigenvalue weighted by Gasteiger charge is -2.23. The molecule has 2 aliphatic rings. The highest BCUT2D eigenvalue weighted by molar-refractivity contribution is 5.99. The maximum atomic E-state index is 12.7. The molecular formula is C23H27N2O4+. The second-order valence-corrected chi connectivity index (χ2v) is 7.76. The van der Waals surface area contributed by atoms with Crippen LogP contribution in [0.2, 0.25) is 0 Å². The summed E-state index contributed by atoms with van der Waals surface area (Å²) in [6, 6.07) is 15.4. The van der Waals surface area contributed by atoms with Crippen molar-refractivity contribution < 1.29 is 24.0 Å². The highest BCUT2D eigenvalue weighted by Crippen LogP contribution is 2.31. The summed E-state index contributed by atoms with van der Waals surface area (Å²) < 4.78 is 10.7. The molecule has 0 spiro atoms. The molecule has 4 rings (SSSR count). The van der Waals surface area contributed by atoms with E-state index in [9.17, 15) is 9.59 Å². The Hall–Kier alpha value is -2.70. The van der Waals surface area contributed by atoms with Crippen LogP contribution in [0.5, 0.6) is 0 Å². The van der Waals surface area contributed by atoms with Crippen molar-refractivity contribution in [2.45, 2.75) is 25.9 Å². The number of carbonyl (C=O) groups is 2. The number of amides is 1. The smallest absolute Gasteiger partial charge is 0.338 e. The molecule has 29 heavy (non-hydrogen) atoms. The summed E-state index contributed by atoms with van der Waals surface area (Å²) >= 11 is 0. The molecule has 0 aromatic heterocycles. The van der Waals surface area contributed by atoms with Crippen LogP contribution in [0.1, 0.15) is 28.4 Å². The molecule has 6 nitrogen and oxygen atoms in total. The predicted octanol–water partition coefficient (Wildman–Crippen LogP) is 1.24. The Kier molecular flexibility index (Phi) is 5.92. The van der Waals surface area contributed by atoms with Crippen LogP contribution in [-0.2, 0) is 27.2 Å². The molecule has 0 aliphatic carbocycles. The van der Waals surface area contributed by atoms with Crippen LogP contribution in [0.15, 0.2) is 48.5 Å². The van der Waals surface area contributed by atoms with E-state index < -0.39 is 5.97 Å². The second kappa shape index (κ2) is 8.76. The number of ether oxygens (including phenoxy) is 2. The first-order valence-electron chi connectivity index (χ1n) is 10.2. The van der Waals surface area contributed by atoms with E-state index in [1.807, 2.05) is 43.3 Å². The number of benzene rings is 2. The van der Waals surface area contributed by atoms with E-state index in [0.29, 0.717) is 5.56 Å². The molecule has 1 saturated heterocycles. The average molecular weight is 395 g/mol. The standard InChI is InChI=1S/C23H26N2O4/c1-17-14-20-4-2-3-5-21(20)25(17)22(26)16-29-23(27)19-8-6-18(7-9-19)15-24-10-12-28-13-11-24/h2-9,17H,10-16H2,1H3/p+1/t17-/m0/s1. The normalized spacial score (nSPS) is 19.1. The van der Waals surface area contributed by atoms with Crippen molar-refractivity contribution in [2.75, 3.05) is 37.8 Å². The Balaban J connectivity index is 1.32. The van der Waals surface area contributed by atoms with Gasteiger partial charge in [-0.1, -0.05) is 30.3 Å². The number of anilines is 1. The van der Waals surface area contributed by atoms with Crippen LogP contribution in [0, 0.1) is 0 Å². The summed E-state index contributed by atoms with van der Waals surface area (Å²) in [4.78, 5) is 28.3. The van der Waals surface area contributed by atoms with E-state index in [0.717, 1.165) is 50.5 Å². The highest BCUT2D eigenvalue weighted by Gasteiger charge is 2.31. The summed E-state index contributed by atoms with van der Waals surface area (Å²) in [5.74, 6) is -0.660. The molecule has 1 atom stereocenters. The lowest BCUT2D eigenvalue weighted by molar-refractivity contribution is -0.921. The van der Waals surface area contributed by atoms with Gasteiger partial charge in [0.25, 0.3) is 5.91 Å². The number of quaternary nitrogens is 1. The number of rotatable bonds is 5. The largest absolute Gasteiger partial charge is 0.452 e. The quantitative estimate of drug-likeness (QED) is 0.774. The molecule has 152 valence electrons. The van der Waals surface area contributed by atoms with E-state index in [-0.39, 0.29) is 18.6 Å². The van der Waals surface area contributed by atoms with Crippen LogP contribution in [0.25, 0.3) is 0 Å². The Morgan fingerprint density at radius 1 is 1.10 bits per heavy atom. The Labute approximate surface area is 171 Å². The highest BCUT2D eigenvalue weighted by atomic mass is 16.5. The van der Waals surface area contributed by atoms with Crippen molar-refractivity contribution in [1.82, 2.24) is 0 Å². The van der Waals surface area contributed by atoms with E-state index in [1.54, 1.807) is 17.0 Å². The monoisotopic (exact) mass is 395 g/mol. The van der Waals surface area contributed by atoms with Gasteiger partial charge < -0.3 is 19.3 Å². The third-order valence-corrected chi connectivity index (χ3v) is 5.65. The fourth-order valence-corrected chi connectivity index (χ4v) is 4.11. The molecule has 1 fully saturated rings. The number of morpholine rings is 1. The lowest BCUT2D eigenvalue weighted by atomic mass is 10.1. The lowest BCUT2D eigenvalue weighted by Crippen LogP contribution is -3.12. The molecule has 0 saturated carbocycles. The summed E-state index contributed by atoms with van der Waals surface area (Å²) in [6.07, 6.45) is 0.822. The third kappa shape index (κ3) is 4.49. The zero-order valence-electron chi connectivity index (χ0n) is 16.7. The molecular weight excluding hydrogens is 368 g/mol. The Morgan fingerprint density at radius 2 is 1.83 bits per heavy atom. The van der Waals surface area contributed by atoms with E-state index in [2.05, 4.69) is 0 Å². The third-order valence-electron chi connectivity index (χ3n) is 5.65. The van der Waals surface area contributed by atoms with E-state index in [1.165, 1.54) is 10.5 Å². The predicted molar refractivity (Wildman–Crippen MR) is 109 cm³/mol. The van der Waals surface area contributed by atoms with Crippen LogP contribution in [0.4, 0.5) is 5.69 Å². The van der Waals surface area contributed by atoms with Crippen molar-refractivity contribution in [2.24, 2.45) is 0 Å². The fourth-order valence-electron chi connectivity index (χ4n) is 4.11. The topological polar surface area (TPSA) is 60.3 Å². The van der Waals surface area contributed by atoms with Crippen molar-refractivity contribution in [1.29, 1.82) is 0 Å². The van der Waals surface area contributed by atoms with Gasteiger partial charge in [-0.25, -0.2) is 4.79 Å². The number of hydrogen-bond acceptors (Lipinski definition) is 4. The number of nitrogens with zero attached hydrogens (tertiary/aromatic N) is 1. The first-order valence-corrected chi connectivity index (χ1v) is 10.2. The molecule has 6 heteroatoms. The van der Waals surface area contributed by atoms with Gasteiger partial charge in [0.05, 0.1) is 18.8 Å². The summed E-state index contributed by atoms with van der Waals surface area (Å²) in [5, 5.41) is 0. The zero-order chi connectivity index (χ0) is 20.2. The fraction of sp³-hybridized carbons (Fsp3) is 0.391. The Bertz CT molecular complexity index is 875. The molecule has 1 amide bonds. The minimum atomic E-state index is -0.469. The van der Waals surface area contributed by atoms with Gasteiger partial charge in [-0.3, -0.25) is 4.79 Å². The SMILES string of the molecule is C[C@H]1Cc2ccccc2N1C(=O)COC(=O)c1ccc(C[NH+]2CCOCC2)cc1. The van der Waals surface area contributed by atoms with Crippen molar-refractivity contribution in [3.8, 4) is 0 Å². The van der Waals surface area contributed by atoms with Gasteiger partial charge in [0, 0.05) is 17.3 Å². The van der Waals surface area contributed by atoms with E-state index in [4.69, 9.17) is 9.47 Å². The first kappa shape index (κ1) is 19.6. The van der Waals surface area contributed by atoms with Crippen molar-refractivity contribution in [3.63, 3.8) is 0 Å². The van der Waals surface area contributed by atoms with Crippen LogP contribution >= 0.6 is 0 Å². The van der Waals surface area contributed by atoms with Gasteiger partial charge in [0.15, 0.2) is 6.61 Å². The van der Waals surface area contributed by atoms with Gasteiger partial charge in [0.1, 0.15) is 19.6 Å². The van der Waals surface area contributed by atoms with Gasteiger partial charge in [-0.15, -0.1) is 0 Å². The number of fused-ring (bicyclic) bond motifs is 1. The number of carbonyl (C=O) groups excluding carboxylic acids is 2. The summed E-state index contributed by atoms with van der Waals surface area (Å²) in [6.45, 7) is 6.28. The number of para-hydroxylation sites is 1. The average Bonchev–Trinajstić information content (AvgIpc) is 3.09. The maximum Gasteiger partial charge on any atom is 0.338 e. The molecule has 0 unspecified atom stereocenters. The summed E-state index contributed by atoms with van der Waals surface area (Å²) in [5.41, 5.74) is 3.71. The minimum absolute atomic E-state index is 0.0700. The molecule has 1 N–H and O–H groups in total. The molecule has 0 radical (unpaired) electrons. The summed E-state index contributed by atoms with van der Waals surface area (Å²) in [7, 11) is 0. The minimum Gasteiger partial charge on any atom is -0.452 e. The van der Waals surface area contributed by atoms with Crippen LogP contribution < -0.4 is 9.80 Å². The Morgan fingerprint density at radius 3 is 2.59 bits per heavy atom. The second-order valence-electron chi connectivity index (χ2n) is 7.76. The van der Waals surface area contributed by atoms with Gasteiger partial charge in [0.2, 0.25) is 0 Å². The number of esters is 1. The van der Waals surface area contributed by atoms with Gasteiger partial charge >= 0.3 is 5.97 Å². The number of hydrogen-bond donors (Lipinski definition) is 1. The number of nitrogens with one attached hydrogen (secondary N) is 1. The molecule has 2 aliphatic heterocycles. The van der Waals surface area contributed by atoms with Crippen LogP contribution in [0.3, 0.4) is 0 Å². The molecule has 2 heterocycles. The van der Waals surface area contributed by atoms with Gasteiger partial charge in [-0.05, 0) is 37.1 Å². The van der Waals surface area contributed by atoms with Crippen LogP contribution in [-0.4, -0.2) is 50.8 Å². The maximum absolute atomic E-state index is 12.7. The first-order chi connectivity index (χ1) is 14.1. The van der Waals surface area contributed by atoms with Crippen molar-refractivity contribution in [3.05, 3.63) is 65.2 Å². The molecule has 2 aromatic carbocycles. The van der Waals surface area contributed by atoms with Gasteiger partial charge in [-0.2, -0.15) is 0 Å². The molecule has 2 aromatic rings. The molecule has 0 bridgehead atoms.